The van der Waals surface area contributed by atoms with E-state index in [0.717, 1.165) is 31.1 Å². The molecule has 0 aliphatic heterocycles. The van der Waals surface area contributed by atoms with Gasteiger partial charge in [0.05, 0.1) is 12.0 Å². The molecule has 0 saturated heterocycles. The molecule has 0 aromatic rings. The lowest BCUT2D eigenvalue weighted by molar-refractivity contribution is -0.156. The summed E-state index contributed by atoms with van der Waals surface area (Å²) in [7, 11) is 0. The zero-order valence-corrected chi connectivity index (χ0v) is 9.41. The minimum Gasteiger partial charge on any atom is -0.466 e. The summed E-state index contributed by atoms with van der Waals surface area (Å²) >= 11 is 0. The maximum absolute atomic E-state index is 11.8. The van der Waals surface area contributed by atoms with Crippen molar-refractivity contribution in [2.45, 2.75) is 39.5 Å². The van der Waals surface area contributed by atoms with Crippen molar-refractivity contribution < 1.29 is 14.3 Å². The van der Waals surface area contributed by atoms with Gasteiger partial charge < -0.3 is 4.74 Å². The summed E-state index contributed by atoms with van der Waals surface area (Å²) < 4.78 is 5.09. The van der Waals surface area contributed by atoms with Crippen LogP contribution in [0, 0.1) is 5.41 Å². The van der Waals surface area contributed by atoms with Crippen molar-refractivity contribution in [2.75, 3.05) is 6.61 Å². The van der Waals surface area contributed by atoms with E-state index in [1.165, 1.54) is 0 Å². The second-order valence-electron chi connectivity index (χ2n) is 3.97. The number of rotatable bonds is 4. The molecule has 3 nitrogen and oxygen atoms in total. The first-order valence-corrected chi connectivity index (χ1v) is 5.50. The molecule has 0 N–H and O–H groups in total. The van der Waals surface area contributed by atoms with E-state index in [9.17, 15) is 9.59 Å². The highest BCUT2D eigenvalue weighted by atomic mass is 16.5. The predicted molar refractivity (Wildman–Crippen MR) is 57.4 cm³/mol. The third-order valence-corrected chi connectivity index (χ3v) is 3.11. The highest BCUT2D eigenvalue weighted by molar-refractivity contribution is 5.81. The summed E-state index contributed by atoms with van der Waals surface area (Å²) in [5.74, 6) is -0.153. The van der Waals surface area contributed by atoms with E-state index in [0.29, 0.717) is 13.0 Å². The van der Waals surface area contributed by atoms with Crippen LogP contribution < -0.4 is 0 Å². The van der Waals surface area contributed by atoms with Gasteiger partial charge in [0.25, 0.3) is 0 Å². The normalized spacial score (nSPS) is 25.6. The molecule has 3 heteroatoms. The molecule has 1 aliphatic rings. The summed E-state index contributed by atoms with van der Waals surface area (Å²) in [5.41, 5.74) is 0.275. The third kappa shape index (κ3) is 2.46. The number of aldehydes is 1. The Morgan fingerprint density at radius 3 is 2.87 bits per heavy atom. The largest absolute Gasteiger partial charge is 0.466 e. The lowest BCUT2D eigenvalue weighted by Gasteiger charge is -2.32. The number of ether oxygens (including phenoxy) is 1. The fourth-order valence-electron chi connectivity index (χ4n) is 2.08. The Kier molecular flexibility index (Phi) is 4.06. The first-order valence-electron chi connectivity index (χ1n) is 5.50. The zero-order valence-electron chi connectivity index (χ0n) is 9.41. The van der Waals surface area contributed by atoms with E-state index in [2.05, 4.69) is 0 Å². The molecular formula is C12H18O3. The summed E-state index contributed by atoms with van der Waals surface area (Å²) in [6.45, 7) is 4.19. The van der Waals surface area contributed by atoms with Gasteiger partial charge in [-0.1, -0.05) is 13.0 Å². The minimum atomic E-state index is -0.457. The zero-order chi connectivity index (χ0) is 11.3. The van der Waals surface area contributed by atoms with E-state index in [1.54, 1.807) is 6.92 Å². The fraction of sp³-hybridized carbons (Fsp3) is 0.667. The number of esters is 1. The molecule has 0 heterocycles. The lowest BCUT2D eigenvalue weighted by Crippen LogP contribution is -2.34. The summed E-state index contributed by atoms with van der Waals surface area (Å²) in [5, 5.41) is 0. The molecule has 0 aromatic carbocycles. The molecule has 0 aromatic heterocycles. The van der Waals surface area contributed by atoms with Crippen molar-refractivity contribution in [3.63, 3.8) is 0 Å². The molecular weight excluding hydrogens is 192 g/mol. The molecule has 15 heavy (non-hydrogen) atoms. The van der Waals surface area contributed by atoms with Crippen molar-refractivity contribution in [3.05, 3.63) is 11.6 Å². The molecule has 0 bridgehead atoms. The monoisotopic (exact) mass is 210 g/mol. The fourth-order valence-corrected chi connectivity index (χ4v) is 2.08. The van der Waals surface area contributed by atoms with Crippen LogP contribution in [0.5, 0.6) is 0 Å². The molecule has 1 atom stereocenters. The van der Waals surface area contributed by atoms with Gasteiger partial charge in [0.1, 0.15) is 6.29 Å². The third-order valence-electron chi connectivity index (χ3n) is 3.11. The predicted octanol–water partition coefficient (Wildman–Crippen LogP) is 2.26. The standard InChI is InChI=1S/C12H18O3/c1-3-12(11(14)15-4-2)7-5-6-10(8-12)9-13/h6,9H,3-5,7-8H2,1-2H3. The van der Waals surface area contributed by atoms with Crippen molar-refractivity contribution in [2.24, 2.45) is 5.41 Å². The smallest absolute Gasteiger partial charge is 0.312 e. The molecule has 0 radical (unpaired) electrons. The van der Waals surface area contributed by atoms with Crippen LogP contribution in [-0.4, -0.2) is 18.9 Å². The molecule has 1 unspecified atom stereocenters. The van der Waals surface area contributed by atoms with Crippen molar-refractivity contribution in [1.29, 1.82) is 0 Å². The summed E-state index contributed by atoms with van der Waals surface area (Å²) in [6.07, 6.45) is 5.62. The van der Waals surface area contributed by atoms with Crippen LogP contribution in [0.4, 0.5) is 0 Å². The Hall–Kier alpha value is -1.12. The quantitative estimate of drug-likeness (QED) is 0.528. The molecule has 0 amide bonds. The van der Waals surface area contributed by atoms with E-state index >= 15 is 0 Å². The van der Waals surface area contributed by atoms with Crippen molar-refractivity contribution in [3.8, 4) is 0 Å². The number of carbonyl (C=O) groups is 2. The minimum absolute atomic E-state index is 0.153. The van der Waals surface area contributed by atoms with E-state index in [-0.39, 0.29) is 5.97 Å². The van der Waals surface area contributed by atoms with E-state index < -0.39 is 5.41 Å². The van der Waals surface area contributed by atoms with Gasteiger partial charge in [-0.05, 0) is 38.2 Å². The molecule has 0 spiro atoms. The maximum Gasteiger partial charge on any atom is 0.312 e. The van der Waals surface area contributed by atoms with Crippen LogP contribution in [0.15, 0.2) is 11.6 Å². The number of allylic oxidation sites excluding steroid dienone is 2. The topological polar surface area (TPSA) is 43.4 Å². The van der Waals surface area contributed by atoms with Gasteiger partial charge in [-0.15, -0.1) is 0 Å². The van der Waals surface area contributed by atoms with Crippen LogP contribution in [0.3, 0.4) is 0 Å². The Labute approximate surface area is 90.5 Å². The van der Waals surface area contributed by atoms with E-state index in [4.69, 9.17) is 4.74 Å². The van der Waals surface area contributed by atoms with E-state index in [1.807, 2.05) is 13.0 Å². The molecule has 84 valence electrons. The first-order chi connectivity index (χ1) is 7.18. The molecule has 0 saturated carbocycles. The highest BCUT2D eigenvalue weighted by Gasteiger charge is 2.39. The molecule has 1 aliphatic carbocycles. The molecule has 1 rings (SSSR count). The summed E-state index contributed by atoms with van der Waals surface area (Å²) in [4.78, 5) is 22.6. The Morgan fingerprint density at radius 2 is 2.33 bits per heavy atom. The Balaban J connectivity index is 2.82. The Morgan fingerprint density at radius 1 is 1.60 bits per heavy atom. The second kappa shape index (κ2) is 5.10. The van der Waals surface area contributed by atoms with Crippen molar-refractivity contribution >= 4 is 12.3 Å². The maximum atomic E-state index is 11.8. The number of carbonyl (C=O) groups excluding carboxylic acids is 2. The summed E-state index contributed by atoms with van der Waals surface area (Å²) in [6, 6.07) is 0. The van der Waals surface area contributed by atoms with Crippen LogP contribution in [-0.2, 0) is 14.3 Å². The van der Waals surface area contributed by atoms with Gasteiger partial charge in [0.2, 0.25) is 0 Å². The van der Waals surface area contributed by atoms with Gasteiger partial charge in [-0.2, -0.15) is 0 Å². The van der Waals surface area contributed by atoms with Crippen LogP contribution >= 0.6 is 0 Å². The van der Waals surface area contributed by atoms with Crippen LogP contribution in [0.2, 0.25) is 0 Å². The van der Waals surface area contributed by atoms with Gasteiger partial charge in [-0.25, -0.2) is 0 Å². The van der Waals surface area contributed by atoms with Crippen molar-refractivity contribution in [1.82, 2.24) is 0 Å². The average molecular weight is 210 g/mol. The van der Waals surface area contributed by atoms with Gasteiger partial charge >= 0.3 is 5.97 Å². The number of hydrogen-bond donors (Lipinski definition) is 0. The molecule has 0 fully saturated rings. The second-order valence-corrected chi connectivity index (χ2v) is 3.97. The first kappa shape index (κ1) is 12.0. The average Bonchev–Trinajstić information content (AvgIpc) is 2.29. The van der Waals surface area contributed by atoms with Gasteiger partial charge in [-0.3, -0.25) is 9.59 Å². The van der Waals surface area contributed by atoms with Gasteiger partial charge in [0, 0.05) is 0 Å². The SMILES string of the molecule is CCOC(=O)C1(CC)CCC=C(C=O)C1. The van der Waals surface area contributed by atoms with Crippen LogP contribution in [0.25, 0.3) is 0 Å². The highest BCUT2D eigenvalue weighted by Crippen LogP contribution is 2.39. The lowest BCUT2D eigenvalue weighted by atomic mass is 9.72. The van der Waals surface area contributed by atoms with Gasteiger partial charge in [0.15, 0.2) is 0 Å². The Bertz CT molecular complexity index is 281. The number of hydrogen-bond acceptors (Lipinski definition) is 3. The van der Waals surface area contributed by atoms with Crippen LogP contribution in [0.1, 0.15) is 39.5 Å².